The highest BCUT2D eigenvalue weighted by Crippen LogP contribution is 2.28. The van der Waals surface area contributed by atoms with Crippen LogP contribution in [0.25, 0.3) is 0 Å². The summed E-state index contributed by atoms with van der Waals surface area (Å²) in [6.45, 7) is 1.78. The molecule has 3 heteroatoms. The molecule has 31 heavy (non-hydrogen) atoms. The third kappa shape index (κ3) is 14.0. The van der Waals surface area contributed by atoms with Gasteiger partial charge in [0.1, 0.15) is 6.10 Å². The second-order valence-electron chi connectivity index (χ2n) is 9.50. The van der Waals surface area contributed by atoms with Gasteiger partial charge in [0.15, 0.2) is 0 Å². The molecule has 1 aliphatic rings. The van der Waals surface area contributed by atoms with Crippen molar-refractivity contribution in [3.05, 3.63) is 35.9 Å². The molecule has 0 saturated heterocycles. The fraction of sp³-hybridized carbons (Fsp3) is 0.786. The summed E-state index contributed by atoms with van der Waals surface area (Å²) in [5, 5.41) is 9.45. The normalized spacial score (nSPS) is 15.9. The maximum Gasteiger partial charge on any atom is 0.104 e. The van der Waals surface area contributed by atoms with Crippen molar-refractivity contribution in [2.75, 3.05) is 19.8 Å². The van der Waals surface area contributed by atoms with Crippen LogP contribution in [0, 0.1) is 5.92 Å². The molecule has 1 aromatic carbocycles. The lowest BCUT2D eigenvalue weighted by atomic mass is 9.85. The van der Waals surface area contributed by atoms with Crippen molar-refractivity contribution < 1.29 is 14.6 Å². The van der Waals surface area contributed by atoms with Crippen LogP contribution < -0.4 is 0 Å². The Balaban J connectivity index is 1.29. The van der Waals surface area contributed by atoms with Crippen LogP contribution in [0.2, 0.25) is 0 Å². The van der Waals surface area contributed by atoms with Crippen LogP contribution in [0.1, 0.15) is 108 Å². The Labute approximate surface area is 191 Å². The molecule has 2 rings (SSSR count). The minimum atomic E-state index is -0.233. The van der Waals surface area contributed by atoms with Crippen molar-refractivity contribution in [1.82, 2.24) is 0 Å². The maximum atomic E-state index is 9.45. The van der Waals surface area contributed by atoms with Gasteiger partial charge in [-0.3, -0.25) is 0 Å². The zero-order valence-corrected chi connectivity index (χ0v) is 19.9. The highest BCUT2D eigenvalue weighted by atomic mass is 16.5. The molecule has 1 atom stereocenters. The van der Waals surface area contributed by atoms with E-state index < -0.39 is 0 Å². The molecule has 3 nitrogen and oxygen atoms in total. The number of unbranched alkanes of at least 4 members (excludes halogenated alkanes) is 9. The summed E-state index contributed by atoms with van der Waals surface area (Å²) < 4.78 is 11.5. The van der Waals surface area contributed by atoms with E-state index in [1.807, 2.05) is 30.3 Å². The van der Waals surface area contributed by atoms with Gasteiger partial charge in [-0.25, -0.2) is 0 Å². The summed E-state index contributed by atoms with van der Waals surface area (Å²) >= 11 is 0. The Bertz CT molecular complexity index is 498. The molecule has 0 aromatic heterocycles. The molecule has 0 heterocycles. The highest BCUT2D eigenvalue weighted by molar-refractivity contribution is 5.13. The van der Waals surface area contributed by atoms with Crippen LogP contribution >= 0.6 is 0 Å². The van der Waals surface area contributed by atoms with Crippen LogP contribution in [-0.2, 0) is 16.1 Å². The zero-order chi connectivity index (χ0) is 21.8. The number of aliphatic hydroxyl groups is 1. The van der Waals surface area contributed by atoms with Gasteiger partial charge in [-0.05, 0) is 17.9 Å². The predicted molar refractivity (Wildman–Crippen MR) is 130 cm³/mol. The van der Waals surface area contributed by atoms with Crippen LogP contribution in [0.4, 0.5) is 0 Å². The molecule has 1 aliphatic carbocycles. The summed E-state index contributed by atoms with van der Waals surface area (Å²) in [6.07, 6.45) is 22.4. The Morgan fingerprint density at radius 2 is 1.39 bits per heavy atom. The number of hydrogen-bond acceptors (Lipinski definition) is 3. The molecule has 0 spiro atoms. The van der Waals surface area contributed by atoms with Crippen molar-refractivity contribution >= 4 is 0 Å². The topological polar surface area (TPSA) is 38.7 Å². The number of hydrogen-bond donors (Lipinski definition) is 1. The number of benzene rings is 1. The van der Waals surface area contributed by atoms with E-state index in [2.05, 4.69) is 0 Å². The smallest absolute Gasteiger partial charge is 0.104 e. The molecule has 1 saturated carbocycles. The number of ether oxygens (including phenoxy) is 2. The summed E-state index contributed by atoms with van der Waals surface area (Å²) in [7, 11) is 0. The number of rotatable bonds is 19. The quantitative estimate of drug-likeness (QED) is 0.231. The molecule has 1 unspecified atom stereocenters. The summed E-state index contributed by atoms with van der Waals surface area (Å²) in [5.74, 6) is 1.06. The van der Waals surface area contributed by atoms with Crippen molar-refractivity contribution in [3.8, 4) is 0 Å². The second-order valence-corrected chi connectivity index (χ2v) is 9.50. The Hall–Kier alpha value is -0.900. The van der Waals surface area contributed by atoms with Crippen LogP contribution in [0.15, 0.2) is 30.3 Å². The van der Waals surface area contributed by atoms with E-state index in [9.17, 15) is 5.11 Å². The van der Waals surface area contributed by atoms with Gasteiger partial charge in [-0.2, -0.15) is 0 Å². The molecule has 1 aromatic rings. The fourth-order valence-corrected chi connectivity index (χ4v) is 4.68. The molecular weight excluding hydrogens is 384 g/mol. The van der Waals surface area contributed by atoms with Gasteiger partial charge in [0.05, 0.1) is 19.8 Å². The van der Waals surface area contributed by atoms with Gasteiger partial charge in [0, 0.05) is 6.61 Å². The van der Waals surface area contributed by atoms with Crippen molar-refractivity contribution in [3.63, 3.8) is 0 Å². The minimum absolute atomic E-state index is 0.00736. The molecular formula is C28H48O3. The van der Waals surface area contributed by atoms with E-state index in [0.29, 0.717) is 13.2 Å². The summed E-state index contributed by atoms with van der Waals surface area (Å²) in [5.41, 5.74) is 1.13. The lowest BCUT2D eigenvalue weighted by Crippen LogP contribution is -2.24. The summed E-state index contributed by atoms with van der Waals surface area (Å²) in [4.78, 5) is 0. The first kappa shape index (κ1) is 26.4. The van der Waals surface area contributed by atoms with Crippen LogP contribution in [0.3, 0.4) is 0 Å². The lowest BCUT2D eigenvalue weighted by molar-refractivity contribution is -0.0502. The van der Waals surface area contributed by atoms with E-state index in [1.165, 1.54) is 96.3 Å². The van der Waals surface area contributed by atoms with E-state index >= 15 is 0 Å². The second kappa shape index (κ2) is 18.7. The Kier molecular flexibility index (Phi) is 15.9. The third-order valence-corrected chi connectivity index (χ3v) is 6.71. The van der Waals surface area contributed by atoms with E-state index in [0.717, 1.165) is 24.5 Å². The van der Waals surface area contributed by atoms with Gasteiger partial charge in [-0.1, -0.05) is 127 Å². The first-order valence-corrected chi connectivity index (χ1v) is 13.2. The molecule has 1 fully saturated rings. The van der Waals surface area contributed by atoms with Gasteiger partial charge in [0.2, 0.25) is 0 Å². The SMILES string of the molecule is OCC(COCCCCCCCCCCCCC1CCCCC1)OCc1ccccc1. The molecule has 0 radical (unpaired) electrons. The minimum Gasteiger partial charge on any atom is -0.394 e. The third-order valence-electron chi connectivity index (χ3n) is 6.71. The van der Waals surface area contributed by atoms with Gasteiger partial charge in [0.25, 0.3) is 0 Å². The molecule has 178 valence electrons. The van der Waals surface area contributed by atoms with E-state index in [1.54, 1.807) is 0 Å². The molecule has 0 amide bonds. The zero-order valence-electron chi connectivity index (χ0n) is 19.9. The number of aliphatic hydroxyl groups excluding tert-OH is 1. The first-order chi connectivity index (χ1) is 15.4. The van der Waals surface area contributed by atoms with Gasteiger partial charge in [-0.15, -0.1) is 0 Å². The Morgan fingerprint density at radius 1 is 0.774 bits per heavy atom. The van der Waals surface area contributed by atoms with Crippen LogP contribution in [-0.4, -0.2) is 31.0 Å². The average molecular weight is 433 g/mol. The van der Waals surface area contributed by atoms with E-state index in [-0.39, 0.29) is 12.7 Å². The lowest BCUT2D eigenvalue weighted by Gasteiger charge is -2.21. The largest absolute Gasteiger partial charge is 0.394 e. The van der Waals surface area contributed by atoms with Crippen LogP contribution in [0.5, 0.6) is 0 Å². The molecule has 1 N–H and O–H groups in total. The fourth-order valence-electron chi connectivity index (χ4n) is 4.68. The monoisotopic (exact) mass is 432 g/mol. The Morgan fingerprint density at radius 3 is 2.03 bits per heavy atom. The molecule has 0 bridgehead atoms. The van der Waals surface area contributed by atoms with Gasteiger partial charge < -0.3 is 14.6 Å². The first-order valence-electron chi connectivity index (χ1n) is 13.2. The van der Waals surface area contributed by atoms with Crippen molar-refractivity contribution in [2.45, 2.75) is 115 Å². The molecule has 0 aliphatic heterocycles. The van der Waals surface area contributed by atoms with Crippen molar-refractivity contribution in [1.29, 1.82) is 0 Å². The predicted octanol–water partition coefficient (Wildman–Crippen LogP) is 7.45. The average Bonchev–Trinajstić information content (AvgIpc) is 2.82. The van der Waals surface area contributed by atoms with E-state index in [4.69, 9.17) is 9.47 Å². The van der Waals surface area contributed by atoms with Crippen molar-refractivity contribution in [2.24, 2.45) is 5.92 Å². The highest BCUT2D eigenvalue weighted by Gasteiger charge is 2.12. The standard InChI is InChI=1S/C28H48O3/c29-23-28(31-24-27-20-14-10-15-21-27)25-30-22-16-8-6-4-2-1-3-5-7-11-17-26-18-12-9-13-19-26/h10,14-15,20-21,26,28-29H,1-9,11-13,16-19,22-25H2. The maximum absolute atomic E-state index is 9.45. The summed E-state index contributed by atoms with van der Waals surface area (Å²) in [6, 6.07) is 10.1. The van der Waals surface area contributed by atoms with Gasteiger partial charge >= 0.3 is 0 Å².